The van der Waals surface area contributed by atoms with Crippen LogP contribution >= 0.6 is 23.5 Å². The van der Waals surface area contributed by atoms with Gasteiger partial charge in [0, 0.05) is 21.4 Å². The van der Waals surface area contributed by atoms with Crippen LogP contribution in [0, 0.1) is 0 Å². The zero-order chi connectivity index (χ0) is 13.5. The molecule has 1 heterocycles. The van der Waals surface area contributed by atoms with Crippen molar-refractivity contribution in [3.8, 4) is 5.75 Å². The average Bonchev–Trinajstić information content (AvgIpc) is 2.39. The van der Waals surface area contributed by atoms with Crippen LogP contribution in [0.2, 0.25) is 0 Å². The van der Waals surface area contributed by atoms with Gasteiger partial charge in [0.1, 0.15) is 5.75 Å². The first-order valence-electron chi connectivity index (χ1n) is 5.65. The van der Waals surface area contributed by atoms with E-state index in [1.807, 2.05) is 36.4 Å². The SMILES string of the molecule is O=P1(O)C=C(c2ccccc2)c2cc(Br)ccc2O1. The van der Waals surface area contributed by atoms with Gasteiger partial charge in [0.2, 0.25) is 0 Å². The molecular formula is C14H10BrO3P. The first-order valence-corrected chi connectivity index (χ1v) is 8.09. The maximum Gasteiger partial charge on any atom is 0.401 e. The van der Waals surface area contributed by atoms with Crippen LogP contribution in [0.4, 0.5) is 0 Å². The summed E-state index contributed by atoms with van der Waals surface area (Å²) in [6, 6.07) is 14.9. The molecule has 0 aromatic heterocycles. The van der Waals surface area contributed by atoms with E-state index in [9.17, 15) is 9.46 Å². The molecule has 0 bridgehead atoms. The maximum atomic E-state index is 11.9. The Balaban J connectivity index is 2.24. The first kappa shape index (κ1) is 12.7. The minimum atomic E-state index is -3.73. The molecule has 0 spiro atoms. The summed E-state index contributed by atoms with van der Waals surface area (Å²) in [5.74, 6) is 1.73. The zero-order valence-electron chi connectivity index (χ0n) is 9.79. The first-order chi connectivity index (χ1) is 9.05. The van der Waals surface area contributed by atoms with Crippen molar-refractivity contribution >= 4 is 29.1 Å². The minimum absolute atomic E-state index is 0.426. The van der Waals surface area contributed by atoms with Crippen molar-refractivity contribution in [3.63, 3.8) is 0 Å². The number of halogens is 1. The number of hydrogen-bond acceptors (Lipinski definition) is 2. The molecule has 0 radical (unpaired) electrons. The predicted molar refractivity (Wildman–Crippen MR) is 78.1 cm³/mol. The number of hydrogen-bond donors (Lipinski definition) is 1. The van der Waals surface area contributed by atoms with E-state index >= 15 is 0 Å². The van der Waals surface area contributed by atoms with E-state index in [0.717, 1.165) is 15.6 Å². The highest BCUT2D eigenvalue weighted by atomic mass is 79.9. The Morgan fingerprint density at radius 1 is 1.11 bits per heavy atom. The molecule has 0 saturated heterocycles. The quantitative estimate of drug-likeness (QED) is 0.784. The van der Waals surface area contributed by atoms with Crippen molar-refractivity contribution in [1.82, 2.24) is 0 Å². The topological polar surface area (TPSA) is 46.5 Å². The van der Waals surface area contributed by atoms with Gasteiger partial charge in [-0.15, -0.1) is 0 Å². The number of rotatable bonds is 1. The summed E-state index contributed by atoms with van der Waals surface area (Å²) in [5, 5.41) is 0. The molecule has 5 heteroatoms. The summed E-state index contributed by atoms with van der Waals surface area (Å²) < 4.78 is 17.9. The van der Waals surface area contributed by atoms with Gasteiger partial charge in [0.15, 0.2) is 0 Å². The minimum Gasteiger partial charge on any atom is -0.421 e. The Labute approximate surface area is 119 Å². The summed E-state index contributed by atoms with van der Waals surface area (Å²) in [5.41, 5.74) is 2.41. The highest BCUT2D eigenvalue weighted by Gasteiger charge is 2.28. The molecular weight excluding hydrogens is 327 g/mol. The van der Waals surface area contributed by atoms with Crippen molar-refractivity contribution in [2.45, 2.75) is 0 Å². The molecule has 3 nitrogen and oxygen atoms in total. The Kier molecular flexibility index (Phi) is 3.09. The van der Waals surface area contributed by atoms with Crippen LogP contribution in [-0.4, -0.2) is 4.89 Å². The fraction of sp³-hybridized carbons (Fsp3) is 0. The van der Waals surface area contributed by atoms with Gasteiger partial charge in [0.05, 0.1) is 0 Å². The molecule has 0 fully saturated rings. The van der Waals surface area contributed by atoms with E-state index in [0.29, 0.717) is 11.3 Å². The van der Waals surface area contributed by atoms with Crippen LogP contribution in [0.1, 0.15) is 11.1 Å². The van der Waals surface area contributed by atoms with Crippen LogP contribution in [0.3, 0.4) is 0 Å². The van der Waals surface area contributed by atoms with Crippen molar-refractivity contribution in [3.05, 3.63) is 69.9 Å². The Morgan fingerprint density at radius 3 is 2.58 bits per heavy atom. The summed E-state index contributed by atoms with van der Waals surface area (Å²) >= 11 is 3.40. The summed E-state index contributed by atoms with van der Waals surface area (Å²) in [6.45, 7) is 0. The molecule has 1 N–H and O–H groups in total. The highest BCUT2D eigenvalue weighted by Crippen LogP contribution is 2.54. The van der Waals surface area contributed by atoms with Gasteiger partial charge in [-0.2, -0.15) is 0 Å². The third-order valence-electron chi connectivity index (χ3n) is 2.84. The van der Waals surface area contributed by atoms with Crippen LogP contribution in [0.25, 0.3) is 5.57 Å². The lowest BCUT2D eigenvalue weighted by atomic mass is 9.99. The van der Waals surface area contributed by atoms with Crippen molar-refractivity contribution in [2.75, 3.05) is 0 Å². The second-order valence-corrected chi connectivity index (χ2v) is 6.69. The molecule has 0 saturated carbocycles. The maximum absolute atomic E-state index is 11.9. The lowest BCUT2D eigenvalue weighted by Crippen LogP contribution is -2.02. The van der Waals surface area contributed by atoms with Crippen molar-refractivity contribution in [2.24, 2.45) is 0 Å². The van der Waals surface area contributed by atoms with E-state index in [-0.39, 0.29) is 0 Å². The van der Waals surface area contributed by atoms with Crippen LogP contribution in [0.15, 0.2) is 58.8 Å². The monoisotopic (exact) mass is 336 g/mol. The molecule has 2 aromatic carbocycles. The van der Waals surface area contributed by atoms with E-state index in [1.54, 1.807) is 12.1 Å². The molecule has 2 aromatic rings. The molecule has 0 aliphatic carbocycles. The molecule has 0 amide bonds. The lowest BCUT2D eigenvalue weighted by molar-refractivity contribution is 0.390. The van der Waals surface area contributed by atoms with Crippen LogP contribution in [0.5, 0.6) is 5.75 Å². The fourth-order valence-electron chi connectivity index (χ4n) is 2.04. The van der Waals surface area contributed by atoms with Gasteiger partial charge in [0.25, 0.3) is 0 Å². The standard InChI is InChI=1S/C14H10BrO3P/c15-11-6-7-14-12(8-11)13(9-19(16,17)18-14)10-4-2-1-3-5-10/h1-9H,(H,16,17). The molecule has 1 unspecified atom stereocenters. The third kappa shape index (κ3) is 2.52. The van der Waals surface area contributed by atoms with Crippen LogP contribution < -0.4 is 4.52 Å². The average molecular weight is 337 g/mol. The lowest BCUT2D eigenvalue weighted by Gasteiger charge is -2.22. The largest absolute Gasteiger partial charge is 0.421 e. The van der Waals surface area contributed by atoms with E-state index in [2.05, 4.69) is 15.9 Å². The Hall–Kier alpha value is -1.35. The van der Waals surface area contributed by atoms with Gasteiger partial charge >= 0.3 is 7.60 Å². The number of fused-ring (bicyclic) bond motifs is 1. The molecule has 1 aliphatic rings. The second-order valence-electron chi connectivity index (χ2n) is 4.20. The molecule has 1 aliphatic heterocycles. The van der Waals surface area contributed by atoms with Crippen LogP contribution in [-0.2, 0) is 4.57 Å². The van der Waals surface area contributed by atoms with E-state index in [4.69, 9.17) is 4.52 Å². The Bertz CT molecular complexity index is 710. The smallest absolute Gasteiger partial charge is 0.401 e. The van der Waals surface area contributed by atoms with Gasteiger partial charge < -0.3 is 9.42 Å². The van der Waals surface area contributed by atoms with Gasteiger partial charge in [-0.25, -0.2) is 4.57 Å². The zero-order valence-corrected chi connectivity index (χ0v) is 12.3. The van der Waals surface area contributed by atoms with Gasteiger partial charge in [-0.1, -0.05) is 46.3 Å². The second kappa shape index (κ2) is 4.64. The van der Waals surface area contributed by atoms with Gasteiger partial charge in [-0.3, -0.25) is 0 Å². The van der Waals surface area contributed by atoms with Gasteiger partial charge in [-0.05, 0) is 23.8 Å². The predicted octanol–water partition coefficient (Wildman–Crippen LogP) is 4.42. The van der Waals surface area contributed by atoms with Crippen molar-refractivity contribution in [1.29, 1.82) is 0 Å². The van der Waals surface area contributed by atoms with Crippen molar-refractivity contribution < 1.29 is 14.0 Å². The highest BCUT2D eigenvalue weighted by molar-refractivity contribution is 9.10. The third-order valence-corrected chi connectivity index (χ3v) is 4.37. The molecule has 1 atom stereocenters. The summed E-state index contributed by atoms with van der Waals surface area (Å²) in [7, 11) is -3.73. The summed E-state index contributed by atoms with van der Waals surface area (Å²) in [4.78, 5) is 9.77. The summed E-state index contributed by atoms with van der Waals surface area (Å²) in [6.07, 6.45) is 0. The molecule has 96 valence electrons. The fourth-order valence-corrected chi connectivity index (χ4v) is 3.51. The Morgan fingerprint density at radius 2 is 1.84 bits per heavy atom. The number of benzene rings is 2. The normalized spacial score (nSPS) is 21.3. The van der Waals surface area contributed by atoms with E-state index < -0.39 is 7.60 Å². The molecule has 3 rings (SSSR count). The van der Waals surface area contributed by atoms with E-state index in [1.165, 1.54) is 5.82 Å². The molecule has 19 heavy (non-hydrogen) atoms.